The number of aromatic nitrogens is 2. The van der Waals surface area contributed by atoms with Crippen molar-refractivity contribution in [2.24, 2.45) is 11.8 Å². The van der Waals surface area contributed by atoms with Gasteiger partial charge in [0.1, 0.15) is 6.10 Å². The minimum absolute atomic E-state index is 0.135. The zero-order valence-electron chi connectivity index (χ0n) is 13.9. The zero-order valence-corrected chi connectivity index (χ0v) is 13.9. The first kappa shape index (κ1) is 15.4. The minimum atomic E-state index is -0.135. The second-order valence-electron chi connectivity index (χ2n) is 6.90. The van der Waals surface area contributed by atoms with Gasteiger partial charge < -0.3 is 10.1 Å². The molecule has 1 N–H and O–H groups in total. The van der Waals surface area contributed by atoms with E-state index in [1.807, 2.05) is 22.9 Å². The Bertz CT molecular complexity index is 725. The van der Waals surface area contributed by atoms with E-state index in [4.69, 9.17) is 9.84 Å². The standard InChI is InChI=1S/C19H23N3O2/c1-13-9-16(13)19(23)20-10-17-18-15(7-8-24-17)12-22(21-18)11-14-5-3-2-4-6-14/h2-6,12-13,16-17H,7-11H2,1H3,(H,20,23). The summed E-state index contributed by atoms with van der Waals surface area (Å²) < 4.78 is 7.83. The fourth-order valence-corrected chi connectivity index (χ4v) is 3.35. The monoisotopic (exact) mass is 325 g/mol. The van der Waals surface area contributed by atoms with E-state index in [1.54, 1.807) is 0 Å². The Kier molecular flexibility index (Phi) is 4.10. The van der Waals surface area contributed by atoms with E-state index in [2.05, 4.69) is 30.6 Å². The van der Waals surface area contributed by atoms with Crippen LogP contribution in [0.15, 0.2) is 36.5 Å². The number of hydrogen-bond acceptors (Lipinski definition) is 3. The van der Waals surface area contributed by atoms with E-state index in [9.17, 15) is 4.79 Å². The molecule has 1 aliphatic heterocycles. The highest BCUT2D eigenvalue weighted by Gasteiger charge is 2.39. The zero-order chi connectivity index (χ0) is 16.5. The smallest absolute Gasteiger partial charge is 0.223 e. The van der Waals surface area contributed by atoms with E-state index < -0.39 is 0 Å². The molecule has 1 saturated carbocycles. The third-order valence-electron chi connectivity index (χ3n) is 4.96. The molecule has 0 radical (unpaired) electrons. The third-order valence-corrected chi connectivity index (χ3v) is 4.96. The summed E-state index contributed by atoms with van der Waals surface area (Å²) in [6, 6.07) is 10.3. The molecule has 2 aromatic rings. The van der Waals surface area contributed by atoms with Gasteiger partial charge in [-0.1, -0.05) is 37.3 Å². The molecule has 5 heteroatoms. The fraction of sp³-hybridized carbons (Fsp3) is 0.474. The predicted octanol–water partition coefficient (Wildman–Crippen LogP) is 2.32. The summed E-state index contributed by atoms with van der Waals surface area (Å²) >= 11 is 0. The topological polar surface area (TPSA) is 56.1 Å². The third kappa shape index (κ3) is 3.22. The van der Waals surface area contributed by atoms with Gasteiger partial charge in [-0.3, -0.25) is 9.48 Å². The average Bonchev–Trinajstić information content (AvgIpc) is 3.18. The van der Waals surface area contributed by atoms with Crippen LogP contribution in [0.2, 0.25) is 0 Å². The summed E-state index contributed by atoms with van der Waals surface area (Å²) in [5, 5.41) is 7.75. The van der Waals surface area contributed by atoms with E-state index >= 15 is 0 Å². The lowest BCUT2D eigenvalue weighted by Gasteiger charge is -2.22. The van der Waals surface area contributed by atoms with Gasteiger partial charge in [0.2, 0.25) is 5.91 Å². The number of ether oxygens (including phenoxy) is 1. The summed E-state index contributed by atoms with van der Waals surface area (Å²) in [4.78, 5) is 12.0. The maximum atomic E-state index is 12.0. The number of fused-ring (bicyclic) bond motifs is 1. The van der Waals surface area contributed by atoms with Crippen molar-refractivity contribution < 1.29 is 9.53 Å². The van der Waals surface area contributed by atoms with Crippen LogP contribution in [0.25, 0.3) is 0 Å². The first-order valence-electron chi connectivity index (χ1n) is 8.70. The SMILES string of the molecule is CC1CC1C(=O)NCC1OCCc2cn(Cc3ccccc3)nc21. The molecule has 1 aliphatic carbocycles. The molecule has 5 nitrogen and oxygen atoms in total. The fourth-order valence-electron chi connectivity index (χ4n) is 3.35. The van der Waals surface area contributed by atoms with E-state index in [0.717, 1.165) is 25.1 Å². The second-order valence-corrected chi connectivity index (χ2v) is 6.90. The van der Waals surface area contributed by atoms with Gasteiger partial charge in [0.05, 0.1) is 18.8 Å². The molecule has 3 atom stereocenters. The lowest BCUT2D eigenvalue weighted by molar-refractivity contribution is -0.123. The Morgan fingerprint density at radius 3 is 2.92 bits per heavy atom. The van der Waals surface area contributed by atoms with Crippen LogP contribution in [0.1, 0.15) is 36.3 Å². The molecule has 1 aromatic carbocycles. The molecule has 2 heterocycles. The van der Waals surface area contributed by atoms with Crippen molar-refractivity contribution in [1.29, 1.82) is 0 Å². The highest BCUT2D eigenvalue weighted by Crippen LogP contribution is 2.37. The average molecular weight is 325 g/mol. The number of amides is 1. The lowest BCUT2D eigenvalue weighted by atomic mass is 10.1. The van der Waals surface area contributed by atoms with Crippen LogP contribution in [0.3, 0.4) is 0 Å². The maximum Gasteiger partial charge on any atom is 0.223 e. The molecule has 0 bridgehead atoms. The molecule has 0 saturated heterocycles. The van der Waals surface area contributed by atoms with Gasteiger partial charge in [0, 0.05) is 18.7 Å². The molecule has 2 aliphatic rings. The number of nitrogens with zero attached hydrogens (tertiary/aromatic N) is 2. The van der Waals surface area contributed by atoms with Gasteiger partial charge in [0.15, 0.2) is 0 Å². The highest BCUT2D eigenvalue weighted by molar-refractivity contribution is 5.81. The summed E-state index contributed by atoms with van der Waals surface area (Å²) in [6.45, 7) is 4.07. The highest BCUT2D eigenvalue weighted by atomic mass is 16.5. The summed E-state index contributed by atoms with van der Waals surface area (Å²) in [6.07, 6.45) is 3.87. The molecule has 4 rings (SSSR count). The van der Waals surface area contributed by atoms with Gasteiger partial charge in [-0.15, -0.1) is 0 Å². The van der Waals surface area contributed by atoms with Gasteiger partial charge in [-0.25, -0.2) is 0 Å². The Labute approximate surface area is 142 Å². The van der Waals surface area contributed by atoms with E-state index in [1.165, 1.54) is 11.1 Å². The number of carbonyl (C=O) groups excluding carboxylic acids is 1. The van der Waals surface area contributed by atoms with Crippen molar-refractivity contribution in [1.82, 2.24) is 15.1 Å². The summed E-state index contributed by atoms with van der Waals surface area (Å²) in [5.74, 6) is 0.878. The van der Waals surface area contributed by atoms with Crippen molar-refractivity contribution in [3.05, 3.63) is 53.3 Å². The van der Waals surface area contributed by atoms with Gasteiger partial charge in [-0.05, 0) is 29.9 Å². The van der Waals surface area contributed by atoms with Crippen LogP contribution in [-0.4, -0.2) is 28.8 Å². The van der Waals surface area contributed by atoms with Gasteiger partial charge in [0.25, 0.3) is 0 Å². The lowest BCUT2D eigenvalue weighted by Crippen LogP contribution is -2.33. The summed E-state index contributed by atoms with van der Waals surface area (Å²) in [7, 11) is 0. The number of hydrogen-bond donors (Lipinski definition) is 1. The quantitative estimate of drug-likeness (QED) is 0.918. The normalized spacial score (nSPS) is 25.1. The molecule has 24 heavy (non-hydrogen) atoms. The number of benzene rings is 1. The Hall–Kier alpha value is -2.14. The molecule has 1 amide bonds. The molecule has 0 spiro atoms. The van der Waals surface area contributed by atoms with Crippen molar-refractivity contribution in [2.75, 3.05) is 13.2 Å². The van der Waals surface area contributed by atoms with Crippen molar-refractivity contribution in [3.8, 4) is 0 Å². The molecule has 3 unspecified atom stereocenters. The Morgan fingerprint density at radius 1 is 1.38 bits per heavy atom. The van der Waals surface area contributed by atoms with Crippen LogP contribution >= 0.6 is 0 Å². The number of carbonyl (C=O) groups is 1. The maximum absolute atomic E-state index is 12.0. The van der Waals surface area contributed by atoms with Crippen molar-refractivity contribution in [3.63, 3.8) is 0 Å². The minimum Gasteiger partial charge on any atom is -0.370 e. The number of nitrogens with one attached hydrogen (secondary N) is 1. The van der Waals surface area contributed by atoms with Gasteiger partial charge in [-0.2, -0.15) is 5.10 Å². The Morgan fingerprint density at radius 2 is 2.17 bits per heavy atom. The molecule has 126 valence electrons. The number of rotatable bonds is 5. The van der Waals surface area contributed by atoms with Crippen LogP contribution in [-0.2, 0) is 22.5 Å². The molecule has 1 aromatic heterocycles. The van der Waals surface area contributed by atoms with Gasteiger partial charge >= 0.3 is 0 Å². The first-order chi connectivity index (χ1) is 11.7. The molecular formula is C19H23N3O2. The van der Waals surface area contributed by atoms with E-state index in [-0.39, 0.29) is 17.9 Å². The van der Waals surface area contributed by atoms with Crippen molar-refractivity contribution >= 4 is 5.91 Å². The molecular weight excluding hydrogens is 302 g/mol. The Balaban J connectivity index is 1.43. The van der Waals surface area contributed by atoms with E-state index in [0.29, 0.717) is 19.1 Å². The van der Waals surface area contributed by atoms with Crippen LogP contribution in [0.4, 0.5) is 0 Å². The van der Waals surface area contributed by atoms with Crippen LogP contribution in [0, 0.1) is 11.8 Å². The second kappa shape index (κ2) is 6.40. The molecule has 1 fully saturated rings. The van der Waals surface area contributed by atoms with Crippen LogP contribution < -0.4 is 5.32 Å². The summed E-state index contributed by atoms with van der Waals surface area (Å²) in [5.41, 5.74) is 3.43. The largest absolute Gasteiger partial charge is 0.370 e. The van der Waals surface area contributed by atoms with Crippen molar-refractivity contribution in [2.45, 2.75) is 32.4 Å². The first-order valence-corrected chi connectivity index (χ1v) is 8.70. The van der Waals surface area contributed by atoms with Crippen LogP contribution in [0.5, 0.6) is 0 Å². The predicted molar refractivity (Wildman–Crippen MR) is 90.4 cm³/mol.